The average Bonchev–Trinajstić information content (AvgIpc) is 2.49. The van der Waals surface area contributed by atoms with E-state index in [1.165, 1.54) is 0 Å². The van der Waals surface area contributed by atoms with Crippen molar-refractivity contribution in [2.45, 2.75) is 25.8 Å². The highest BCUT2D eigenvalue weighted by Crippen LogP contribution is 2.27. The van der Waals surface area contributed by atoms with Crippen molar-refractivity contribution in [1.29, 1.82) is 0 Å². The lowest BCUT2D eigenvalue weighted by molar-refractivity contribution is -0.117. The number of carbonyl (C=O) groups is 1. The van der Waals surface area contributed by atoms with Gasteiger partial charge in [0.15, 0.2) is 0 Å². The van der Waals surface area contributed by atoms with Gasteiger partial charge in [-0.15, -0.1) is 0 Å². The molecule has 1 aliphatic rings. The maximum atomic E-state index is 11.6. The summed E-state index contributed by atoms with van der Waals surface area (Å²) in [4.78, 5) is 13.4. The quantitative estimate of drug-likeness (QED) is 0.697. The highest BCUT2D eigenvalue weighted by atomic mass is 35.5. The number of amides is 1. The van der Waals surface area contributed by atoms with Crippen molar-refractivity contribution in [2.24, 2.45) is 0 Å². The summed E-state index contributed by atoms with van der Waals surface area (Å²) in [5.74, 6) is 0.208. The number of rotatable bonds is 1. The minimum atomic E-state index is 0.208. The molecule has 1 fully saturated rings. The minimum Gasteiger partial charge on any atom is -0.310 e. The molecule has 0 saturated carbocycles. The molecule has 1 saturated heterocycles. The monoisotopic (exact) mass is 209 g/mol. The van der Waals surface area contributed by atoms with Crippen LogP contribution in [0.2, 0.25) is 5.02 Å². The Morgan fingerprint density at radius 1 is 1.36 bits per heavy atom. The van der Waals surface area contributed by atoms with E-state index in [2.05, 4.69) is 6.92 Å². The van der Waals surface area contributed by atoms with Gasteiger partial charge in [-0.25, -0.2) is 0 Å². The van der Waals surface area contributed by atoms with Crippen LogP contribution in [0.5, 0.6) is 0 Å². The van der Waals surface area contributed by atoms with Gasteiger partial charge in [-0.05, 0) is 37.6 Å². The van der Waals surface area contributed by atoms with E-state index in [1.807, 2.05) is 29.2 Å². The molecule has 1 aromatic rings. The molecule has 1 atom stereocenters. The Labute approximate surface area is 88.5 Å². The van der Waals surface area contributed by atoms with Crippen LogP contribution in [0.25, 0.3) is 0 Å². The first kappa shape index (κ1) is 9.53. The molecule has 0 unspecified atom stereocenters. The van der Waals surface area contributed by atoms with E-state index in [0.29, 0.717) is 17.5 Å². The summed E-state index contributed by atoms with van der Waals surface area (Å²) in [5, 5.41) is 0.702. The maximum Gasteiger partial charge on any atom is 0.227 e. The Balaban J connectivity index is 2.30. The number of nitrogens with zero attached hydrogens (tertiary/aromatic N) is 1. The summed E-state index contributed by atoms with van der Waals surface area (Å²) in [7, 11) is 0. The predicted octanol–water partition coefficient (Wildman–Crippen LogP) is 2.86. The van der Waals surface area contributed by atoms with Gasteiger partial charge < -0.3 is 4.90 Å². The fourth-order valence-electron chi connectivity index (χ4n) is 1.83. The van der Waals surface area contributed by atoms with E-state index in [-0.39, 0.29) is 5.91 Å². The van der Waals surface area contributed by atoms with Crippen LogP contribution in [0.4, 0.5) is 5.69 Å². The molecular weight excluding hydrogens is 198 g/mol. The molecule has 0 spiro atoms. The van der Waals surface area contributed by atoms with E-state index < -0.39 is 0 Å². The third-order valence-corrected chi connectivity index (χ3v) is 2.84. The van der Waals surface area contributed by atoms with Crippen molar-refractivity contribution in [1.82, 2.24) is 0 Å². The fraction of sp³-hybridized carbons (Fsp3) is 0.364. The Bertz CT molecular complexity index is 347. The second-order valence-corrected chi connectivity index (χ2v) is 4.06. The van der Waals surface area contributed by atoms with Gasteiger partial charge in [-0.3, -0.25) is 4.79 Å². The van der Waals surface area contributed by atoms with Crippen LogP contribution in [0.1, 0.15) is 19.8 Å². The Hall–Kier alpha value is -1.02. The number of halogens is 1. The summed E-state index contributed by atoms with van der Waals surface area (Å²) in [6, 6.07) is 7.72. The zero-order valence-corrected chi connectivity index (χ0v) is 8.79. The van der Waals surface area contributed by atoms with Gasteiger partial charge in [0.1, 0.15) is 0 Å². The summed E-state index contributed by atoms with van der Waals surface area (Å²) >= 11 is 5.79. The summed E-state index contributed by atoms with van der Waals surface area (Å²) in [5.41, 5.74) is 0.949. The van der Waals surface area contributed by atoms with Crippen LogP contribution in [0.3, 0.4) is 0 Å². The van der Waals surface area contributed by atoms with E-state index in [0.717, 1.165) is 12.1 Å². The molecule has 1 amide bonds. The average molecular weight is 210 g/mol. The van der Waals surface area contributed by atoms with Gasteiger partial charge >= 0.3 is 0 Å². The van der Waals surface area contributed by atoms with E-state index >= 15 is 0 Å². The van der Waals surface area contributed by atoms with Crippen molar-refractivity contribution in [3.8, 4) is 0 Å². The smallest absolute Gasteiger partial charge is 0.227 e. The predicted molar refractivity (Wildman–Crippen MR) is 57.6 cm³/mol. The van der Waals surface area contributed by atoms with E-state index in [1.54, 1.807) is 0 Å². The molecule has 0 aliphatic carbocycles. The molecule has 0 N–H and O–H groups in total. The van der Waals surface area contributed by atoms with Crippen LogP contribution in [-0.2, 0) is 4.79 Å². The standard InChI is InChI=1S/C11H12ClNO/c1-8-2-7-11(14)13(8)10-5-3-9(12)4-6-10/h3-6,8H,2,7H2,1H3/t8-/m1/s1. The first-order chi connectivity index (χ1) is 6.68. The molecule has 0 radical (unpaired) electrons. The largest absolute Gasteiger partial charge is 0.310 e. The zero-order chi connectivity index (χ0) is 10.1. The Morgan fingerprint density at radius 2 is 2.00 bits per heavy atom. The SMILES string of the molecule is C[C@@H]1CCC(=O)N1c1ccc(Cl)cc1. The molecule has 2 rings (SSSR count). The van der Waals surface area contributed by atoms with E-state index in [4.69, 9.17) is 11.6 Å². The summed E-state index contributed by atoms with van der Waals surface area (Å²) in [6.45, 7) is 2.07. The van der Waals surface area contributed by atoms with Crippen molar-refractivity contribution >= 4 is 23.2 Å². The van der Waals surface area contributed by atoms with Crippen LogP contribution in [0, 0.1) is 0 Å². The van der Waals surface area contributed by atoms with E-state index in [9.17, 15) is 4.79 Å². The second kappa shape index (κ2) is 3.62. The topological polar surface area (TPSA) is 20.3 Å². The highest BCUT2D eigenvalue weighted by molar-refractivity contribution is 6.30. The maximum absolute atomic E-state index is 11.6. The molecule has 3 heteroatoms. The lowest BCUT2D eigenvalue weighted by atomic mass is 10.2. The molecule has 74 valence electrons. The molecule has 0 bridgehead atoms. The van der Waals surface area contributed by atoms with Crippen LogP contribution in [-0.4, -0.2) is 11.9 Å². The highest BCUT2D eigenvalue weighted by Gasteiger charge is 2.28. The number of carbonyl (C=O) groups excluding carboxylic acids is 1. The van der Waals surface area contributed by atoms with Crippen molar-refractivity contribution < 1.29 is 4.79 Å². The molecule has 2 nitrogen and oxygen atoms in total. The Kier molecular flexibility index (Phi) is 2.46. The first-order valence-corrected chi connectivity index (χ1v) is 5.14. The van der Waals surface area contributed by atoms with Crippen LogP contribution < -0.4 is 4.90 Å². The second-order valence-electron chi connectivity index (χ2n) is 3.63. The minimum absolute atomic E-state index is 0.208. The number of hydrogen-bond donors (Lipinski definition) is 0. The van der Waals surface area contributed by atoms with Crippen LogP contribution in [0.15, 0.2) is 24.3 Å². The van der Waals surface area contributed by atoms with Gasteiger partial charge in [0.05, 0.1) is 0 Å². The van der Waals surface area contributed by atoms with Gasteiger partial charge in [-0.2, -0.15) is 0 Å². The van der Waals surface area contributed by atoms with Gasteiger partial charge in [0.2, 0.25) is 5.91 Å². The normalized spacial score (nSPS) is 21.7. The lowest BCUT2D eigenvalue weighted by Gasteiger charge is -2.21. The molecule has 1 heterocycles. The molecule has 1 aromatic carbocycles. The van der Waals surface area contributed by atoms with Crippen LogP contribution >= 0.6 is 11.6 Å². The van der Waals surface area contributed by atoms with Crippen molar-refractivity contribution in [3.63, 3.8) is 0 Å². The van der Waals surface area contributed by atoms with Gasteiger partial charge in [0.25, 0.3) is 0 Å². The Morgan fingerprint density at radius 3 is 2.50 bits per heavy atom. The number of hydrogen-bond acceptors (Lipinski definition) is 1. The molecule has 14 heavy (non-hydrogen) atoms. The fourth-order valence-corrected chi connectivity index (χ4v) is 1.95. The summed E-state index contributed by atoms with van der Waals surface area (Å²) in [6.07, 6.45) is 1.60. The number of anilines is 1. The zero-order valence-electron chi connectivity index (χ0n) is 8.03. The number of benzene rings is 1. The van der Waals surface area contributed by atoms with Crippen molar-refractivity contribution in [3.05, 3.63) is 29.3 Å². The van der Waals surface area contributed by atoms with Gasteiger partial charge in [0, 0.05) is 23.2 Å². The molecule has 0 aromatic heterocycles. The summed E-state index contributed by atoms with van der Waals surface area (Å²) < 4.78 is 0. The van der Waals surface area contributed by atoms with Crippen molar-refractivity contribution in [2.75, 3.05) is 4.90 Å². The van der Waals surface area contributed by atoms with Gasteiger partial charge in [-0.1, -0.05) is 11.6 Å². The molecular formula is C11H12ClNO. The lowest BCUT2D eigenvalue weighted by Crippen LogP contribution is -2.30. The third-order valence-electron chi connectivity index (χ3n) is 2.59. The molecule has 1 aliphatic heterocycles. The third kappa shape index (κ3) is 1.62. The first-order valence-electron chi connectivity index (χ1n) is 4.76.